The molecule has 0 aromatic heterocycles. The van der Waals surface area contributed by atoms with Gasteiger partial charge in [0.25, 0.3) is 0 Å². The third kappa shape index (κ3) is 3.24. The van der Waals surface area contributed by atoms with Crippen LogP contribution < -0.4 is 4.90 Å². The van der Waals surface area contributed by atoms with E-state index in [1.165, 1.54) is 68.9 Å². The zero-order valence-electron chi connectivity index (χ0n) is 13.8. The number of hydrogen-bond acceptors (Lipinski definition) is 3. The van der Waals surface area contributed by atoms with Crippen LogP contribution in [0, 0.1) is 13.8 Å². The van der Waals surface area contributed by atoms with Crippen LogP contribution in [0.4, 0.5) is 5.69 Å². The van der Waals surface area contributed by atoms with E-state index in [4.69, 9.17) is 0 Å². The van der Waals surface area contributed by atoms with Gasteiger partial charge in [-0.2, -0.15) is 0 Å². The lowest BCUT2D eigenvalue weighted by atomic mass is 10.0. The highest BCUT2D eigenvalue weighted by Crippen LogP contribution is 2.25. The number of benzene rings is 1. The molecule has 2 aliphatic rings. The zero-order valence-corrected chi connectivity index (χ0v) is 13.8. The molecular formula is C18H29N3. The van der Waals surface area contributed by atoms with Crippen molar-refractivity contribution in [1.82, 2.24) is 9.80 Å². The highest BCUT2D eigenvalue weighted by atomic mass is 15.3. The molecule has 0 N–H and O–H groups in total. The Morgan fingerprint density at radius 1 is 0.905 bits per heavy atom. The van der Waals surface area contributed by atoms with Crippen LogP contribution in [0.5, 0.6) is 0 Å². The summed E-state index contributed by atoms with van der Waals surface area (Å²) in [5.74, 6) is 0. The van der Waals surface area contributed by atoms with E-state index in [0.717, 1.165) is 6.04 Å². The van der Waals surface area contributed by atoms with Gasteiger partial charge in [0.1, 0.15) is 0 Å². The molecule has 0 unspecified atom stereocenters. The molecular weight excluding hydrogens is 258 g/mol. The van der Waals surface area contributed by atoms with Crippen LogP contribution in [0.25, 0.3) is 0 Å². The van der Waals surface area contributed by atoms with Crippen molar-refractivity contribution in [1.29, 1.82) is 0 Å². The molecule has 3 rings (SSSR count). The fourth-order valence-electron chi connectivity index (χ4n) is 3.77. The fourth-order valence-corrected chi connectivity index (χ4v) is 3.77. The minimum absolute atomic E-state index is 0.821. The normalized spacial score (nSPS) is 22.7. The maximum Gasteiger partial charge on any atom is 0.0399 e. The van der Waals surface area contributed by atoms with E-state index < -0.39 is 0 Å². The minimum atomic E-state index is 0.821. The number of hydrogen-bond donors (Lipinski definition) is 0. The van der Waals surface area contributed by atoms with Crippen LogP contribution in [-0.4, -0.2) is 62.2 Å². The predicted octanol–water partition coefficient (Wildman–Crippen LogP) is 2.52. The Morgan fingerprint density at radius 2 is 1.57 bits per heavy atom. The van der Waals surface area contributed by atoms with E-state index in [0.29, 0.717) is 0 Å². The number of rotatable bonds is 2. The molecule has 2 saturated heterocycles. The number of nitrogens with zero attached hydrogens (tertiary/aromatic N) is 3. The molecule has 116 valence electrons. The van der Waals surface area contributed by atoms with Gasteiger partial charge >= 0.3 is 0 Å². The second-order valence-corrected chi connectivity index (χ2v) is 6.78. The van der Waals surface area contributed by atoms with Crippen molar-refractivity contribution in [2.24, 2.45) is 0 Å². The maximum atomic E-state index is 2.73. The summed E-state index contributed by atoms with van der Waals surface area (Å²) in [6.07, 6.45) is 2.69. The molecule has 0 aliphatic carbocycles. The molecule has 0 amide bonds. The van der Waals surface area contributed by atoms with Crippen molar-refractivity contribution in [3.05, 3.63) is 29.3 Å². The second-order valence-electron chi connectivity index (χ2n) is 6.78. The summed E-state index contributed by atoms with van der Waals surface area (Å²) in [5, 5.41) is 0. The van der Waals surface area contributed by atoms with E-state index in [9.17, 15) is 0 Å². The van der Waals surface area contributed by atoms with Gasteiger partial charge in [0, 0.05) is 37.9 Å². The van der Waals surface area contributed by atoms with Crippen molar-refractivity contribution in [2.75, 3.05) is 51.2 Å². The van der Waals surface area contributed by atoms with Crippen molar-refractivity contribution in [3.8, 4) is 0 Å². The van der Waals surface area contributed by atoms with Crippen molar-refractivity contribution in [3.63, 3.8) is 0 Å². The largest absolute Gasteiger partial charge is 0.369 e. The van der Waals surface area contributed by atoms with Crippen molar-refractivity contribution < 1.29 is 0 Å². The van der Waals surface area contributed by atoms with Gasteiger partial charge in [-0.1, -0.05) is 12.1 Å². The molecule has 0 bridgehead atoms. The van der Waals surface area contributed by atoms with Crippen molar-refractivity contribution in [2.45, 2.75) is 32.7 Å². The van der Waals surface area contributed by atoms with E-state index in [-0.39, 0.29) is 0 Å². The first kappa shape index (κ1) is 14.9. The molecule has 2 aliphatic heterocycles. The summed E-state index contributed by atoms with van der Waals surface area (Å²) < 4.78 is 0. The standard InChI is InChI=1S/C18H29N3/c1-15-5-4-6-18(16(15)2)21-13-11-20(12-14-21)17-7-9-19(3)10-8-17/h4-6,17H,7-14H2,1-3H3. The SMILES string of the molecule is Cc1cccc(N2CCN(C3CCN(C)CC3)CC2)c1C. The lowest BCUT2D eigenvalue weighted by molar-refractivity contribution is 0.115. The minimum Gasteiger partial charge on any atom is -0.369 e. The fraction of sp³-hybridized carbons (Fsp3) is 0.667. The molecule has 3 heteroatoms. The van der Waals surface area contributed by atoms with Gasteiger partial charge in [0.15, 0.2) is 0 Å². The highest BCUT2D eigenvalue weighted by Gasteiger charge is 2.26. The molecule has 0 saturated carbocycles. The number of piperidine rings is 1. The lowest BCUT2D eigenvalue weighted by Gasteiger charge is -2.43. The molecule has 0 radical (unpaired) electrons. The van der Waals surface area contributed by atoms with Gasteiger partial charge in [0.05, 0.1) is 0 Å². The molecule has 1 aromatic carbocycles. The third-order valence-electron chi connectivity index (χ3n) is 5.44. The number of likely N-dealkylation sites (tertiary alicyclic amines) is 1. The Morgan fingerprint density at radius 3 is 2.24 bits per heavy atom. The average molecular weight is 287 g/mol. The van der Waals surface area contributed by atoms with Crippen LogP contribution in [0.3, 0.4) is 0 Å². The van der Waals surface area contributed by atoms with Crippen LogP contribution >= 0.6 is 0 Å². The van der Waals surface area contributed by atoms with Crippen LogP contribution in [0.1, 0.15) is 24.0 Å². The monoisotopic (exact) mass is 287 g/mol. The van der Waals surface area contributed by atoms with Gasteiger partial charge in [-0.15, -0.1) is 0 Å². The van der Waals surface area contributed by atoms with Gasteiger partial charge in [-0.05, 0) is 64.0 Å². The van der Waals surface area contributed by atoms with Crippen LogP contribution in [-0.2, 0) is 0 Å². The highest BCUT2D eigenvalue weighted by molar-refractivity contribution is 5.56. The maximum absolute atomic E-state index is 2.73. The van der Waals surface area contributed by atoms with Crippen LogP contribution in [0.2, 0.25) is 0 Å². The van der Waals surface area contributed by atoms with Crippen molar-refractivity contribution >= 4 is 5.69 Å². The van der Waals surface area contributed by atoms with Gasteiger partial charge in [-0.25, -0.2) is 0 Å². The van der Waals surface area contributed by atoms with E-state index in [2.05, 4.69) is 53.8 Å². The molecule has 1 aromatic rings. The Bertz CT molecular complexity index is 469. The first-order valence-corrected chi connectivity index (χ1v) is 8.39. The molecule has 0 atom stereocenters. The first-order chi connectivity index (χ1) is 10.1. The number of piperazine rings is 1. The van der Waals surface area contributed by atoms with E-state index in [1.54, 1.807) is 0 Å². The summed E-state index contributed by atoms with van der Waals surface area (Å²) in [4.78, 5) is 7.77. The predicted molar refractivity (Wildman–Crippen MR) is 90.2 cm³/mol. The van der Waals surface area contributed by atoms with E-state index >= 15 is 0 Å². The quantitative estimate of drug-likeness (QED) is 0.827. The van der Waals surface area contributed by atoms with E-state index in [1.807, 2.05) is 0 Å². The summed E-state index contributed by atoms with van der Waals surface area (Å²) in [7, 11) is 2.24. The summed E-state index contributed by atoms with van der Waals surface area (Å²) in [6, 6.07) is 7.52. The molecule has 2 fully saturated rings. The molecule has 0 spiro atoms. The summed E-state index contributed by atoms with van der Waals surface area (Å²) in [6.45, 7) is 11.8. The Hall–Kier alpha value is -1.06. The van der Waals surface area contributed by atoms with Gasteiger partial charge in [0.2, 0.25) is 0 Å². The smallest absolute Gasteiger partial charge is 0.0399 e. The van der Waals surface area contributed by atoms with Crippen LogP contribution in [0.15, 0.2) is 18.2 Å². The van der Waals surface area contributed by atoms with Gasteiger partial charge in [-0.3, -0.25) is 4.90 Å². The molecule has 2 heterocycles. The number of anilines is 1. The summed E-state index contributed by atoms with van der Waals surface area (Å²) >= 11 is 0. The van der Waals surface area contributed by atoms with Gasteiger partial charge < -0.3 is 9.80 Å². The zero-order chi connectivity index (χ0) is 14.8. The molecule has 3 nitrogen and oxygen atoms in total. The second kappa shape index (κ2) is 6.37. The Balaban J connectivity index is 1.59. The third-order valence-corrected chi connectivity index (χ3v) is 5.44. The average Bonchev–Trinajstić information content (AvgIpc) is 2.51. The Kier molecular flexibility index (Phi) is 4.51. The Labute approximate surface area is 129 Å². The topological polar surface area (TPSA) is 9.72 Å². The summed E-state index contributed by atoms with van der Waals surface area (Å²) in [5.41, 5.74) is 4.30. The number of aryl methyl sites for hydroxylation is 1. The first-order valence-electron chi connectivity index (χ1n) is 8.39. The molecule has 21 heavy (non-hydrogen) atoms. The lowest BCUT2D eigenvalue weighted by Crippen LogP contribution is -2.53.